The van der Waals surface area contributed by atoms with Crippen molar-refractivity contribution in [2.24, 2.45) is 0 Å². The Morgan fingerprint density at radius 2 is 1.40 bits per heavy atom. The molecule has 0 aliphatic heterocycles. The quantitative estimate of drug-likeness (QED) is 0.570. The third-order valence-electron chi connectivity index (χ3n) is 4.24. The van der Waals surface area contributed by atoms with E-state index in [0.717, 1.165) is 11.9 Å². The number of halogens is 3. The van der Waals surface area contributed by atoms with Crippen LogP contribution in [0.1, 0.15) is 37.7 Å². The molecule has 6 nitrogen and oxygen atoms in total. The zero-order chi connectivity index (χ0) is 21.7. The molecule has 0 saturated carbocycles. The molecular formula is C21H17BrF2N4O2. The van der Waals surface area contributed by atoms with Crippen LogP contribution in [0, 0.1) is 18.6 Å². The second kappa shape index (κ2) is 9.53. The maximum absolute atomic E-state index is 13.3. The monoisotopic (exact) mass is 474 g/mol. The van der Waals surface area contributed by atoms with E-state index in [1.165, 1.54) is 18.2 Å². The molecule has 2 N–H and O–H groups in total. The summed E-state index contributed by atoms with van der Waals surface area (Å²) >= 11 is 3.09. The highest BCUT2D eigenvalue weighted by Gasteiger charge is 2.13. The Balaban J connectivity index is 1.61. The van der Waals surface area contributed by atoms with Crippen molar-refractivity contribution in [1.29, 1.82) is 0 Å². The van der Waals surface area contributed by atoms with Crippen molar-refractivity contribution in [2.75, 3.05) is 0 Å². The number of nitrogens with zero attached hydrogens (tertiary/aromatic N) is 2. The van der Waals surface area contributed by atoms with E-state index >= 15 is 0 Å². The second-order valence-corrected chi connectivity index (χ2v) is 7.34. The van der Waals surface area contributed by atoms with Gasteiger partial charge in [-0.3, -0.25) is 9.59 Å². The Labute approximate surface area is 179 Å². The predicted octanol–water partition coefficient (Wildman–Crippen LogP) is 3.69. The summed E-state index contributed by atoms with van der Waals surface area (Å²) in [5.41, 5.74) is 1.96. The average Bonchev–Trinajstić information content (AvgIpc) is 2.75. The minimum absolute atomic E-state index is 0.0222. The highest BCUT2D eigenvalue weighted by atomic mass is 79.9. The molecule has 1 heterocycles. The van der Waals surface area contributed by atoms with Crippen molar-refractivity contribution in [3.8, 4) is 0 Å². The minimum atomic E-state index is -0.499. The third-order valence-corrected chi connectivity index (χ3v) is 4.85. The van der Waals surface area contributed by atoms with Gasteiger partial charge in [0, 0.05) is 19.2 Å². The fraction of sp³-hybridized carbons (Fsp3) is 0.143. The van der Waals surface area contributed by atoms with E-state index in [0.29, 0.717) is 15.6 Å². The Morgan fingerprint density at radius 1 is 0.867 bits per heavy atom. The fourth-order valence-corrected chi connectivity index (χ4v) is 3.04. The normalized spacial score (nSPS) is 10.5. The maximum atomic E-state index is 13.3. The van der Waals surface area contributed by atoms with Gasteiger partial charge in [-0.25, -0.2) is 18.7 Å². The highest BCUT2D eigenvalue weighted by Crippen LogP contribution is 2.16. The Morgan fingerprint density at radius 3 is 1.93 bits per heavy atom. The summed E-state index contributed by atoms with van der Waals surface area (Å²) in [4.78, 5) is 32.5. The first-order valence-corrected chi connectivity index (χ1v) is 9.70. The van der Waals surface area contributed by atoms with Crippen LogP contribution in [0.4, 0.5) is 8.78 Å². The lowest BCUT2D eigenvalue weighted by Crippen LogP contribution is -2.27. The summed E-state index contributed by atoms with van der Waals surface area (Å²) in [7, 11) is 0. The molecule has 30 heavy (non-hydrogen) atoms. The molecule has 3 aromatic rings. The molecule has 0 fully saturated rings. The molecule has 0 spiro atoms. The Hall–Kier alpha value is -3.20. The highest BCUT2D eigenvalue weighted by molar-refractivity contribution is 9.10. The van der Waals surface area contributed by atoms with E-state index in [-0.39, 0.29) is 30.3 Å². The zero-order valence-electron chi connectivity index (χ0n) is 15.9. The van der Waals surface area contributed by atoms with Gasteiger partial charge >= 0.3 is 0 Å². The number of hydrogen-bond donors (Lipinski definition) is 2. The summed E-state index contributed by atoms with van der Waals surface area (Å²) in [6.45, 7) is 1.98. The molecule has 0 aliphatic rings. The summed E-state index contributed by atoms with van der Waals surface area (Å²) in [6, 6.07) is 10.2. The smallest absolute Gasteiger partial charge is 0.270 e. The molecule has 0 saturated heterocycles. The number of benzene rings is 2. The van der Waals surface area contributed by atoms with Crippen LogP contribution in [0.2, 0.25) is 0 Å². The van der Waals surface area contributed by atoms with Crippen LogP contribution in [-0.4, -0.2) is 21.8 Å². The molecule has 154 valence electrons. The third kappa shape index (κ3) is 5.44. The van der Waals surface area contributed by atoms with E-state index in [4.69, 9.17) is 0 Å². The standard InChI is InChI=1S/C21H17BrF2N4O2/c1-12-6-13(2-4-16(12)23)9-25-20(29)18-8-19(28-11-27-18)21(30)26-10-14-3-5-17(24)15(22)7-14/h2-8,11H,9-10H2,1H3,(H,25,29)(H,26,30). The van der Waals surface area contributed by atoms with E-state index in [9.17, 15) is 18.4 Å². The maximum Gasteiger partial charge on any atom is 0.270 e. The Bertz CT molecular complexity index is 1030. The van der Waals surface area contributed by atoms with Crippen LogP contribution in [0.5, 0.6) is 0 Å². The molecule has 9 heteroatoms. The predicted molar refractivity (Wildman–Crippen MR) is 110 cm³/mol. The molecule has 2 aromatic carbocycles. The molecule has 0 unspecified atom stereocenters. The van der Waals surface area contributed by atoms with Gasteiger partial charge in [-0.2, -0.15) is 0 Å². The van der Waals surface area contributed by atoms with Gasteiger partial charge in [0.1, 0.15) is 29.3 Å². The van der Waals surface area contributed by atoms with E-state index in [1.807, 2.05) is 0 Å². The van der Waals surface area contributed by atoms with Crippen LogP contribution in [0.25, 0.3) is 0 Å². The summed E-state index contributed by atoms with van der Waals surface area (Å²) in [5, 5.41) is 5.33. The van der Waals surface area contributed by atoms with Gasteiger partial charge in [0.2, 0.25) is 0 Å². The largest absolute Gasteiger partial charge is 0.347 e. The fourth-order valence-electron chi connectivity index (χ4n) is 2.62. The van der Waals surface area contributed by atoms with Gasteiger partial charge in [-0.05, 0) is 57.7 Å². The second-order valence-electron chi connectivity index (χ2n) is 6.49. The van der Waals surface area contributed by atoms with Crippen molar-refractivity contribution < 1.29 is 18.4 Å². The number of nitrogens with one attached hydrogen (secondary N) is 2. The van der Waals surface area contributed by atoms with Gasteiger partial charge < -0.3 is 10.6 Å². The van der Waals surface area contributed by atoms with Crippen LogP contribution < -0.4 is 10.6 Å². The van der Waals surface area contributed by atoms with Gasteiger partial charge in [-0.15, -0.1) is 0 Å². The number of hydrogen-bond acceptors (Lipinski definition) is 4. The molecule has 2 amide bonds. The molecule has 0 aliphatic carbocycles. The van der Waals surface area contributed by atoms with Crippen molar-refractivity contribution in [1.82, 2.24) is 20.6 Å². The van der Waals surface area contributed by atoms with E-state index in [2.05, 4.69) is 36.5 Å². The van der Waals surface area contributed by atoms with Crippen molar-refractivity contribution in [2.45, 2.75) is 20.0 Å². The molecule has 3 rings (SSSR count). The number of amides is 2. The van der Waals surface area contributed by atoms with Crippen LogP contribution in [0.3, 0.4) is 0 Å². The molecule has 0 bridgehead atoms. The first-order valence-electron chi connectivity index (χ1n) is 8.91. The number of aromatic nitrogens is 2. The van der Waals surface area contributed by atoms with Gasteiger partial charge in [0.15, 0.2) is 0 Å². The average molecular weight is 475 g/mol. The molecule has 1 aromatic heterocycles. The van der Waals surface area contributed by atoms with Gasteiger partial charge in [0.05, 0.1) is 4.47 Å². The van der Waals surface area contributed by atoms with Crippen molar-refractivity contribution >= 4 is 27.7 Å². The topological polar surface area (TPSA) is 84.0 Å². The van der Waals surface area contributed by atoms with Gasteiger partial charge in [-0.1, -0.05) is 18.2 Å². The molecule has 0 radical (unpaired) electrons. The number of carbonyl (C=O) groups excluding carboxylic acids is 2. The van der Waals surface area contributed by atoms with E-state index < -0.39 is 17.6 Å². The zero-order valence-corrected chi connectivity index (χ0v) is 17.5. The molecular weight excluding hydrogens is 458 g/mol. The van der Waals surface area contributed by atoms with Crippen molar-refractivity contribution in [3.63, 3.8) is 0 Å². The van der Waals surface area contributed by atoms with Crippen LogP contribution >= 0.6 is 15.9 Å². The number of carbonyl (C=O) groups is 2. The summed E-state index contributed by atoms with van der Waals surface area (Å²) in [6.07, 6.45) is 1.13. The number of rotatable bonds is 6. The number of aryl methyl sites for hydroxylation is 1. The van der Waals surface area contributed by atoms with Crippen molar-refractivity contribution in [3.05, 3.63) is 93.0 Å². The summed E-state index contributed by atoms with van der Waals surface area (Å²) < 4.78 is 26.9. The lowest BCUT2D eigenvalue weighted by atomic mass is 10.1. The van der Waals surface area contributed by atoms with E-state index in [1.54, 1.807) is 31.2 Å². The minimum Gasteiger partial charge on any atom is -0.347 e. The lowest BCUT2D eigenvalue weighted by molar-refractivity contribution is 0.0944. The SMILES string of the molecule is Cc1cc(CNC(=O)c2cc(C(=O)NCc3ccc(F)c(Br)c3)ncn2)ccc1F. The van der Waals surface area contributed by atoms with Crippen LogP contribution in [0.15, 0.2) is 53.3 Å². The lowest BCUT2D eigenvalue weighted by Gasteiger charge is -2.08. The summed E-state index contributed by atoms with van der Waals surface area (Å²) in [5.74, 6) is -1.70. The first kappa shape index (κ1) is 21.5. The first-order chi connectivity index (χ1) is 14.3. The van der Waals surface area contributed by atoms with Gasteiger partial charge in [0.25, 0.3) is 11.8 Å². The Kier molecular flexibility index (Phi) is 6.83. The van der Waals surface area contributed by atoms with Crippen LogP contribution in [-0.2, 0) is 13.1 Å². The molecule has 0 atom stereocenters.